The highest BCUT2D eigenvalue weighted by molar-refractivity contribution is 7.17. The largest absolute Gasteiger partial charge is 0.492 e. The molecule has 3 aromatic rings. The van der Waals surface area contributed by atoms with Crippen LogP contribution in [0, 0.1) is 0 Å². The lowest BCUT2D eigenvalue weighted by atomic mass is 10.2. The smallest absolute Gasteiger partial charge is 0.265 e. The first kappa shape index (κ1) is 16.3. The molecule has 1 amide bonds. The SMILES string of the molecule is CCOc1cc(-c2ccccc2)sc1C(=O)NCCc1ccco1. The van der Waals surface area contributed by atoms with Crippen LogP contribution in [-0.2, 0) is 6.42 Å². The van der Waals surface area contributed by atoms with Crippen molar-refractivity contribution in [2.75, 3.05) is 13.2 Å². The molecule has 0 bridgehead atoms. The molecule has 124 valence electrons. The Kier molecular flexibility index (Phi) is 5.33. The molecule has 3 rings (SSSR count). The van der Waals surface area contributed by atoms with Gasteiger partial charge in [-0.3, -0.25) is 4.79 Å². The Morgan fingerprint density at radius 2 is 2.04 bits per heavy atom. The van der Waals surface area contributed by atoms with E-state index in [9.17, 15) is 4.79 Å². The Balaban J connectivity index is 1.73. The Morgan fingerprint density at radius 1 is 1.21 bits per heavy atom. The summed E-state index contributed by atoms with van der Waals surface area (Å²) in [5, 5.41) is 2.93. The number of hydrogen-bond acceptors (Lipinski definition) is 4. The highest BCUT2D eigenvalue weighted by Crippen LogP contribution is 2.36. The van der Waals surface area contributed by atoms with Crippen molar-refractivity contribution in [3.63, 3.8) is 0 Å². The molecule has 0 saturated heterocycles. The summed E-state index contributed by atoms with van der Waals surface area (Å²) in [6.07, 6.45) is 2.30. The van der Waals surface area contributed by atoms with E-state index in [0.29, 0.717) is 30.2 Å². The van der Waals surface area contributed by atoms with Gasteiger partial charge in [-0.2, -0.15) is 0 Å². The molecule has 0 aliphatic heterocycles. The molecule has 0 unspecified atom stereocenters. The topological polar surface area (TPSA) is 51.5 Å². The number of furan rings is 1. The lowest BCUT2D eigenvalue weighted by molar-refractivity contribution is 0.0954. The summed E-state index contributed by atoms with van der Waals surface area (Å²) < 4.78 is 10.9. The van der Waals surface area contributed by atoms with Crippen LogP contribution in [0.15, 0.2) is 59.2 Å². The van der Waals surface area contributed by atoms with Crippen molar-refractivity contribution in [3.8, 4) is 16.2 Å². The number of hydrogen-bond donors (Lipinski definition) is 1. The standard InChI is InChI=1S/C19H19NO3S/c1-2-22-16-13-17(14-7-4-3-5-8-14)24-18(16)19(21)20-11-10-15-9-6-12-23-15/h3-9,12-13H,2,10-11H2,1H3,(H,20,21). The van der Waals surface area contributed by atoms with Crippen LogP contribution in [0.1, 0.15) is 22.4 Å². The van der Waals surface area contributed by atoms with E-state index in [2.05, 4.69) is 5.32 Å². The van der Waals surface area contributed by atoms with E-state index in [1.165, 1.54) is 11.3 Å². The first-order valence-corrected chi connectivity index (χ1v) is 8.72. The van der Waals surface area contributed by atoms with Gasteiger partial charge in [0.15, 0.2) is 0 Å². The summed E-state index contributed by atoms with van der Waals surface area (Å²) in [5.74, 6) is 1.38. The van der Waals surface area contributed by atoms with Gasteiger partial charge in [-0.1, -0.05) is 30.3 Å². The molecule has 0 saturated carbocycles. The molecule has 24 heavy (non-hydrogen) atoms. The number of thiophene rings is 1. The van der Waals surface area contributed by atoms with Gasteiger partial charge < -0.3 is 14.5 Å². The number of nitrogens with one attached hydrogen (secondary N) is 1. The zero-order valence-electron chi connectivity index (χ0n) is 13.5. The minimum Gasteiger partial charge on any atom is -0.492 e. The van der Waals surface area contributed by atoms with Crippen molar-refractivity contribution in [1.82, 2.24) is 5.32 Å². The molecule has 1 aromatic carbocycles. The van der Waals surface area contributed by atoms with Gasteiger partial charge in [0, 0.05) is 17.8 Å². The number of rotatable bonds is 7. The van der Waals surface area contributed by atoms with Gasteiger partial charge in [-0.15, -0.1) is 11.3 Å². The van der Waals surface area contributed by atoms with Gasteiger partial charge in [0.2, 0.25) is 0 Å². The monoisotopic (exact) mass is 341 g/mol. The molecule has 0 radical (unpaired) electrons. The second kappa shape index (κ2) is 7.84. The van der Waals surface area contributed by atoms with Crippen LogP contribution in [0.2, 0.25) is 0 Å². The van der Waals surface area contributed by atoms with Crippen molar-refractivity contribution in [1.29, 1.82) is 0 Å². The summed E-state index contributed by atoms with van der Waals surface area (Å²) >= 11 is 1.45. The Hall–Kier alpha value is -2.53. The third kappa shape index (κ3) is 3.86. The van der Waals surface area contributed by atoms with Crippen molar-refractivity contribution >= 4 is 17.2 Å². The third-order valence-corrected chi connectivity index (χ3v) is 4.66. The van der Waals surface area contributed by atoms with Crippen molar-refractivity contribution in [2.45, 2.75) is 13.3 Å². The van der Waals surface area contributed by atoms with Crippen LogP contribution in [0.4, 0.5) is 0 Å². The minimum atomic E-state index is -0.114. The average molecular weight is 341 g/mol. The fourth-order valence-electron chi connectivity index (χ4n) is 2.37. The number of carbonyl (C=O) groups is 1. The zero-order valence-corrected chi connectivity index (χ0v) is 14.3. The second-order valence-corrected chi connectivity index (χ2v) is 6.24. The van der Waals surface area contributed by atoms with Crippen LogP contribution in [-0.4, -0.2) is 19.1 Å². The van der Waals surface area contributed by atoms with E-state index in [1.54, 1.807) is 6.26 Å². The third-order valence-electron chi connectivity index (χ3n) is 3.50. The molecule has 0 atom stereocenters. The van der Waals surface area contributed by atoms with E-state index in [4.69, 9.17) is 9.15 Å². The van der Waals surface area contributed by atoms with Crippen molar-refractivity contribution in [2.24, 2.45) is 0 Å². The summed E-state index contributed by atoms with van der Waals surface area (Å²) in [7, 11) is 0. The Labute approximate surface area is 145 Å². The predicted molar refractivity (Wildman–Crippen MR) is 95.7 cm³/mol. The molecule has 2 aromatic heterocycles. The molecule has 2 heterocycles. The highest BCUT2D eigenvalue weighted by Gasteiger charge is 2.18. The average Bonchev–Trinajstić information content (AvgIpc) is 3.26. The van der Waals surface area contributed by atoms with Crippen LogP contribution >= 0.6 is 11.3 Å². The van der Waals surface area contributed by atoms with Crippen LogP contribution in [0.5, 0.6) is 5.75 Å². The predicted octanol–water partition coefficient (Wildman–Crippen LogP) is 4.38. The van der Waals surface area contributed by atoms with E-state index < -0.39 is 0 Å². The second-order valence-electron chi connectivity index (χ2n) is 5.19. The summed E-state index contributed by atoms with van der Waals surface area (Å²) in [6.45, 7) is 2.96. The molecule has 0 aliphatic rings. The van der Waals surface area contributed by atoms with Gasteiger partial charge in [0.25, 0.3) is 5.91 Å². The summed E-state index contributed by atoms with van der Waals surface area (Å²) in [4.78, 5) is 14.1. The van der Waals surface area contributed by atoms with E-state index >= 15 is 0 Å². The number of amides is 1. The zero-order chi connectivity index (χ0) is 16.8. The van der Waals surface area contributed by atoms with Gasteiger partial charge >= 0.3 is 0 Å². The summed E-state index contributed by atoms with van der Waals surface area (Å²) in [5.41, 5.74) is 1.08. The maximum absolute atomic E-state index is 12.5. The Bertz CT molecular complexity index is 778. The molecule has 0 aliphatic carbocycles. The first-order valence-electron chi connectivity index (χ1n) is 7.90. The van der Waals surface area contributed by atoms with E-state index in [-0.39, 0.29) is 5.91 Å². The lowest BCUT2D eigenvalue weighted by Crippen LogP contribution is -2.25. The molecular formula is C19H19NO3S. The molecule has 1 N–H and O–H groups in total. The molecular weight excluding hydrogens is 322 g/mol. The molecule has 0 fully saturated rings. The minimum absolute atomic E-state index is 0.114. The fraction of sp³-hybridized carbons (Fsp3) is 0.211. The highest BCUT2D eigenvalue weighted by atomic mass is 32.1. The number of ether oxygens (including phenoxy) is 1. The normalized spacial score (nSPS) is 10.5. The maximum Gasteiger partial charge on any atom is 0.265 e. The van der Waals surface area contributed by atoms with Crippen LogP contribution in [0.25, 0.3) is 10.4 Å². The van der Waals surface area contributed by atoms with E-state index in [1.807, 2.05) is 55.5 Å². The van der Waals surface area contributed by atoms with Gasteiger partial charge in [-0.05, 0) is 30.7 Å². The first-order chi connectivity index (χ1) is 11.8. The quantitative estimate of drug-likeness (QED) is 0.694. The number of benzene rings is 1. The van der Waals surface area contributed by atoms with E-state index in [0.717, 1.165) is 16.2 Å². The fourth-order valence-corrected chi connectivity index (χ4v) is 3.40. The van der Waals surface area contributed by atoms with Gasteiger partial charge in [0.05, 0.1) is 12.9 Å². The molecule has 5 heteroatoms. The maximum atomic E-state index is 12.5. The van der Waals surface area contributed by atoms with Crippen LogP contribution in [0.3, 0.4) is 0 Å². The lowest BCUT2D eigenvalue weighted by Gasteiger charge is -2.05. The Morgan fingerprint density at radius 3 is 2.75 bits per heavy atom. The van der Waals surface area contributed by atoms with Gasteiger partial charge in [0.1, 0.15) is 16.4 Å². The van der Waals surface area contributed by atoms with Crippen LogP contribution < -0.4 is 10.1 Å². The number of carbonyl (C=O) groups excluding carboxylic acids is 1. The van der Waals surface area contributed by atoms with Crippen molar-refractivity contribution in [3.05, 3.63) is 65.4 Å². The summed E-state index contributed by atoms with van der Waals surface area (Å²) in [6, 6.07) is 15.7. The van der Waals surface area contributed by atoms with Gasteiger partial charge in [-0.25, -0.2) is 0 Å². The molecule has 0 spiro atoms. The van der Waals surface area contributed by atoms with Crippen molar-refractivity contribution < 1.29 is 13.9 Å². The molecule has 4 nitrogen and oxygen atoms in total.